The Morgan fingerprint density at radius 1 is 1.03 bits per heavy atom. The summed E-state index contributed by atoms with van der Waals surface area (Å²) in [4.78, 5) is 33.1. The van der Waals surface area contributed by atoms with Crippen LogP contribution in [0.4, 0.5) is 0 Å². The third-order valence-electron chi connectivity index (χ3n) is 7.46. The quantitative estimate of drug-likeness (QED) is 0.302. The average molecular weight is 483 g/mol. The minimum atomic E-state index is -0.628. The lowest BCUT2D eigenvalue weighted by molar-refractivity contribution is -0.173. The zero-order valence-electron chi connectivity index (χ0n) is 21.7. The number of esters is 1. The summed E-state index contributed by atoms with van der Waals surface area (Å²) >= 11 is 0. The number of aldehydes is 1. The fourth-order valence-electron chi connectivity index (χ4n) is 5.40. The summed E-state index contributed by atoms with van der Waals surface area (Å²) in [5, 5.41) is 0. The van der Waals surface area contributed by atoms with Crippen LogP contribution in [-0.2, 0) is 23.8 Å². The lowest BCUT2D eigenvalue weighted by Crippen LogP contribution is -2.55. The lowest BCUT2D eigenvalue weighted by Gasteiger charge is -2.38. The van der Waals surface area contributed by atoms with E-state index in [9.17, 15) is 9.59 Å². The Hall–Kier alpha value is -1.10. The highest BCUT2D eigenvalue weighted by Crippen LogP contribution is 2.24. The van der Waals surface area contributed by atoms with Gasteiger partial charge in [0.2, 0.25) is 6.23 Å². The van der Waals surface area contributed by atoms with Gasteiger partial charge in [-0.1, -0.05) is 0 Å². The summed E-state index contributed by atoms with van der Waals surface area (Å²) in [7, 11) is 0. The molecule has 3 rings (SSSR count). The lowest BCUT2D eigenvalue weighted by atomic mass is 9.92. The van der Waals surface area contributed by atoms with Gasteiger partial charge in [0.15, 0.2) is 12.5 Å². The summed E-state index contributed by atoms with van der Waals surface area (Å²) in [5.41, 5.74) is 0. The van der Waals surface area contributed by atoms with Gasteiger partial charge in [0.25, 0.3) is 0 Å². The van der Waals surface area contributed by atoms with E-state index >= 15 is 0 Å². The Balaban J connectivity index is 1.40. The van der Waals surface area contributed by atoms with Crippen molar-refractivity contribution < 1.29 is 23.8 Å². The first-order valence-corrected chi connectivity index (χ1v) is 13.3. The Morgan fingerprint density at radius 2 is 1.74 bits per heavy atom. The molecule has 3 saturated heterocycles. The van der Waals surface area contributed by atoms with E-state index in [0.29, 0.717) is 19.3 Å². The topological polar surface area (TPSA) is 74.8 Å². The third-order valence-corrected chi connectivity index (χ3v) is 7.46. The van der Waals surface area contributed by atoms with E-state index in [1.165, 1.54) is 25.9 Å². The molecule has 196 valence electrons. The van der Waals surface area contributed by atoms with Crippen molar-refractivity contribution in [2.45, 2.75) is 71.6 Å². The molecule has 0 amide bonds. The molecule has 0 bridgehead atoms. The van der Waals surface area contributed by atoms with Crippen LogP contribution in [0.15, 0.2) is 0 Å². The first-order chi connectivity index (χ1) is 16.4. The van der Waals surface area contributed by atoms with Crippen LogP contribution < -0.4 is 0 Å². The summed E-state index contributed by atoms with van der Waals surface area (Å²) in [6.07, 6.45) is 3.58. The van der Waals surface area contributed by atoms with E-state index in [1.807, 2.05) is 13.8 Å². The largest absolute Gasteiger partial charge is 0.463 e. The molecule has 3 atom stereocenters. The summed E-state index contributed by atoms with van der Waals surface area (Å²) in [6.45, 7) is 17.1. The van der Waals surface area contributed by atoms with Gasteiger partial charge >= 0.3 is 5.97 Å². The fourth-order valence-corrected chi connectivity index (χ4v) is 5.40. The molecule has 0 aliphatic carbocycles. The smallest absolute Gasteiger partial charge is 0.350 e. The number of piperidine rings is 1. The van der Waals surface area contributed by atoms with Crippen molar-refractivity contribution in [3.05, 3.63) is 0 Å². The highest BCUT2D eigenvalue weighted by atomic mass is 16.6. The number of hydrogen-bond donors (Lipinski definition) is 0. The molecular formula is C25H46N4O5. The molecule has 3 fully saturated rings. The molecule has 0 radical (unpaired) electrons. The van der Waals surface area contributed by atoms with Crippen LogP contribution in [0.5, 0.6) is 0 Å². The minimum Gasteiger partial charge on any atom is -0.463 e. The Labute approximate surface area is 205 Å². The molecule has 0 aromatic heterocycles. The Kier molecular flexibility index (Phi) is 11.2. The number of likely N-dealkylation sites (tertiary alicyclic amines) is 1. The van der Waals surface area contributed by atoms with E-state index in [4.69, 9.17) is 14.2 Å². The highest BCUT2D eigenvalue weighted by Gasteiger charge is 2.36. The molecule has 9 nitrogen and oxygen atoms in total. The summed E-state index contributed by atoms with van der Waals surface area (Å²) < 4.78 is 16.9. The second kappa shape index (κ2) is 13.8. The second-order valence-corrected chi connectivity index (χ2v) is 10.0. The molecule has 3 aliphatic heterocycles. The number of carbonyl (C=O) groups excluding carboxylic acids is 2. The maximum absolute atomic E-state index is 12.3. The molecule has 0 saturated carbocycles. The fraction of sp³-hybridized carbons (Fsp3) is 0.920. The van der Waals surface area contributed by atoms with Gasteiger partial charge in [-0.25, -0.2) is 4.79 Å². The van der Waals surface area contributed by atoms with E-state index in [-0.39, 0.29) is 12.1 Å². The van der Waals surface area contributed by atoms with Crippen LogP contribution in [0, 0.1) is 5.92 Å². The van der Waals surface area contributed by atoms with Crippen LogP contribution in [0.2, 0.25) is 0 Å². The molecule has 0 N–H and O–H groups in total. The van der Waals surface area contributed by atoms with Crippen molar-refractivity contribution in [1.82, 2.24) is 19.6 Å². The zero-order valence-corrected chi connectivity index (χ0v) is 21.7. The van der Waals surface area contributed by atoms with Crippen LogP contribution in [-0.4, -0.2) is 129 Å². The highest BCUT2D eigenvalue weighted by molar-refractivity contribution is 5.74. The molecule has 9 heteroatoms. The van der Waals surface area contributed by atoms with Gasteiger partial charge in [0, 0.05) is 58.5 Å². The van der Waals surface area contributed by atoms with Crippen LogP contribution in [0.1, 0.15) is 47.0 Å². The van der Waals surface area contributed by atoms with Crippen molar-refractivity contribution in [2.75, 3.05) is 72.1 Å². The van der Waals surface area contributed by atoms with Gasteiger partial charge in [0.05, 0.1) is 12.7 Å². The first-order valence-electron chi connectivity index (χ1n) is 13.3. The van der Waals surface area contributed by atoms with Gasteiger partial charge in [0.1, 0.15) is 0 Å². The average Bonchev–Trinajstić information content (AvgIpc) is 3.23. The van der Waals surface area contributed by atoms with Crippen molar-refractivity contribution in [3.8, 4) is 0 Å². The van der Waals surface area contributed by atoms with E-state index in [1.54, 1.807) is 0 Å². The molecule has 0 aromatic carbocycles. The van der Waals surface area contributed by atoms with Crippen molar-refractivity contribution in [3.63, 3.8) is 0 Å². The Bertz CT molecular complexity index is 620. The van der Waals surface area contributed by atoms with E-state index in [2.05, 4.69) is 33.4 Å². The number of hydrogen-bond acceptors (Lipinski definition) is 9. The van der Waals surface area contributed by atoms with Crippen LogP contribution >= 0.6 is 0 Å². The number of rotatable bonds is 12. The monoisotopic (exact) mass is 482 g/mol. The first kappa shape index (κ1) is 27.5. The van der Waals surface area contributed by atoms with E-state index < -0.39 is 12.5 Å². The number of nitrogens with zero attached hydrogens (tertiary/aromatic N) is 4. The number of carbonyl (C=O) groups is 2. The summed E-state index contributed by atoms with van der Waals surface area (Å²) in [6, 6.07) is 0.630. The second-order valence-electron chi connectivity index (χ2n) is 10.0. The van der Waals surface area contributed by atoms with Gasteiger partial charge in [-0.05, 0) is 66.0 Å². The SMILES string of the molecule is CCOC(=O)C(OCC)N1CCN(CC2CN(CCC3CCN(C(C)C)CC3)C(C=O)O2)CC1. The molecule has 3 unspecified atom stereocenters. The molecular weight excluding hydrogens is 436 g/mol. The summed E-state index contributed by atoms with van der Waals surface area (Å²) in [5.74, 6) is 0.434. The van der Waals surface area contributed by atoms with Crippen molar-refractivity contribution in [2.24, 2.45) is 5.92 Å². The number of piperazine rings is 1. The predicted octanol–water partition coefficient (Wildman–Crippen LogP) is 1.27. The molecule has 34 heavy (non-hydrogen) atoms. The Morgan fingerprint density at radius 3 is 2.32 bits per heavy atom. The molecule has 3 heterocycles. The number of ether oxygens (including phenoxy) is 3. The maximum Gasteiger partial charge on any atom is 0.350 e. The molecule has 0 aromatic rings. The maximum atomic E-state index is 12.3. The van der Waals surface area contributed by atoms with Gasteiger partial charge < -0.3 is 19.1 Å². The zero-order chi connectivity index (χ0) is 24.5. The molecule has 3 aliphatic rings. The predicted molar refractivity (Wildman–Crippen MR) is 130 cm³/mol. The van der Waals surface area contributed by atoms with Crippen molar-refractivity contribution >= 4 is 12.3 Å². The minimum absolute atomic E-state index is 0.0392. The normalized spacial score (nSPS) is 27.3. The van der Waals surface area contributed by atoms with E-state index in [0.717, 1.165) is 64.4 Å². The third kappa shape index (κ3) is 7.70. The van der Waals surface area contributed by atoms with Crippen LogP contribution in [0.3, 0.4) is 0 Å². The molecule has 0 spiro atoms. The van der Waals surface area contributed by atoms with Gasteiger partial charge in [-0.15, -0.1) is 0 Å². The van der Waals surface area contributed by atoms with Crippen LogP contribution in [0.25, 0.3) is 0 Å². The standard InChI is InChI=1S/C25H46N4O5/c1-5-32-24(25(31)33-6-2)28-15-13-26(14-16-28)17-22-18-29(23(19-30)34-22)12-9-21-7-10-27(11-8-21)20(3)4/h19-24H,5-18H2,1-4H3. The van der Waals surface area contributed by atoms with Gasteiger partial charge in [-0.3, -0.25) is 19.5 Å². The van der Waals surface area contributed by atoms with Gasteiger partial charge in [-0.2, -0.15) is 0 Å². The van der Waals surface area contributed by atoms with Crippen molar-refractivity contribution in [1.29, 1.82) is 0 Å².